The molecule has 0 aromatic carbocycles. The van der Waals surface area contributed by atoms with Crippen molar-refractivity contribution >= 4 is 52.1 Å². The fourth-order valence-electron chi connectivity index (χ4n) is 4.03. The summed E-state index contributed by atoms with van der Waals surface area (Å²) < 4.78 is 1.91. The number of amides is 1. The number of carbonyl (C=O) groups is 2. The normalized spacial score (nSPS) is 18.5. The number of nitriles is 1. The average molecular weight is 475 g/mol. The zero-order valence-corrected chi connectivity index (χ0v) is 20.0. The molecule has 0 bridgehead atoms. The van der Waals surface area contributed by atoms with Gasteiger partial charge in [0.1, 0.15) is 21.8 Å². The first-order valence-corrected chi connectivity index (χ1v) is 11.8. The predicted octanol–water partition coefficient (Wildman–Crippen LogP) is 2.96. The molecule has 1 aromatic rings. The second-order valence-electron chi connectivity index (χ2n) is 8.05. The summed E-state index contributed by atoms with van der Waals surface area (Å²) >= 11 is 6.41. The number of carboxylic acids is 1. The minimum absolute atomic E-state index is 0.00506. The van der Waals surface area contributed by atoms with Gasteiger partial charge in [0.15, 0.2) is 0 Å². The van der Waals surface area contributed by atoms with Crippen molar-refractivity contribution in [2.45, 2.75) is 46.6 Å². The number of carbonyl (C=O) groups excluding carboxylic acids is 1. The lowest BCUT2D eigenvalue weighted by atomic mass is 9.97. The highest BCUT2D eigenvalue weighted by molar-refractivity contribution is 8.26. The van der Waals surface area contributed by atoms with Gasteiger partial charge < -0.3 is 10.0 Å². The van der Waals surface area contributed by atoms with Gasteiger partial charge in [-0.1, -0.05) is 30.9 Å². The first-order valence-electron chi connectivity index (χ1n) is 10.6. The van der Waals surface area contributed by atoms with Gasteiger partial charge in [-0.3, -0.25) is 23.9 Å². The summed E-state index contributed by atoms with van der Waals surface area (Å²) in [5.74, 6) is -0.0426. The van der Waals surface area contributed by atoms with Crippen LogP contribution in [-0.4, -0.2) is 50.4 Å². The number of thiocarbonyl (C=S) groups is 1. The third-order valence-corrected chi connectivity index (χ3v) is 7.32. The van der Waals surface area contributed by atoms with Gasteiger partial charge in [0.2, 0.25) is 0 Å². The molecule has 8 nitrogen and oxygen atoms in total. The van der Waals surface area contributed by atoms with Crippen LogP contribution in [0.3, 0.4) is 0 Å². The largest absolute Gasteiger partial charge is 0.481 e. The Kier molecular flexibility index (Phi) is 7.41. The first-order chi connectivity index (χ1) is 15.2. The molecule has 2 saturated heterocycles. The van der Waals surface area contributed by atoms with Gasteiger partial charge in [-0.15, -0.1) is 0 Å². The summed E-state index contributed by atoms with van der Waals surface area (Å²) in [6, 6.07) is 2.03. The van der Waals surface area contributed by atoms with Crippen molar-refractivity contribution in [2.24, 2.45) is 5.92 Å². The standard InChI is InChI=1S/C22H26N4O4S2/c1-4-25-19(24-8-5-13(2)6-9-24)15(14(3)16(12-23)20(25)29)11-17-21(30)26(22(31)32-17)10-7-18(27)28/h11,13H,4-10H2,1-3H3,(H,27,28)/b17-11-. The summed E-state index contributed by atoms with van der Waals surface area (Å²) in [5, 5.41) is 18.6. The summed E-state index contributed by atoms with van der Waals surface area (Å²) in [5.41, 5.74) is 0.934. The molecule has 10 heteroatoms. The average Bonchev–Trinajstić information content (AvgIpc) is 3.01. The predicted molar refractivity (Wildman–Crippen MR) is 129 cm³/mol. The van der Waals surface area contributed by atoms with Gasteiger partial charge in [-0.05, 0) is 44.2 Å². The molecule has 32 heavy (non-hydrogen) atoms. The number of aliphatic carboxylic acids is 1. The smallest absolute Gasteiger partial charge is 0.305 e. The molecule has 0 aliphatic carbocycles. The lowest BCUT2D eigenvalue weighted by molar-refractivity contribution is -0.137. The maximum atomic E-state index is 13.0. The van der Waals surface area contributed by atoms with Gasteiger partial charge in [-0.2, -0.15) is 5.26 Å². The fraction of sp³-hybridized carbons (Fsp3) is 0.500. The lowest BCUT2D eigenvalue weighted by Gasteiger charge is -2.35. The highest BCUT2D eigenvalue weighted by atomic mass is 32.2. The molecule has 0 atom stereocenters. The Bertz CT molecular complexity index is 1090. The number of hydrogen-bond donors (Lipinski definition) is 1. The third-order valence-electron chi connectivity index (χ3n) is 5.94. The van der Waals surface area contributed by atoms with Gasteiger partial charge in [-0.25, -0.2) is 0 Å². The molecule has 0 unspecified atom stereocenters. The van der Waals surface area contributed by atoms with Crippen LogP contribution in [-0.2, 0) is 16.1 Å². The molecule has 3 heterocycles. The van der Waals surface area contributed by atoms with Crippen molar-refractivity contribution in [2.75, 3.05) is 24.5 Å². The van der Waals surface area contributed by atoms with E-state index in [-0.39, 0.29) is 30.0 Å². The Morgan fingerprint density at radius 3 is 2.56 bits per heavy atom. The number of hydrogen-bond acceptors (Lipinski definition) is 7. The maximum absolute atomic E-state index is 13.0. The molecule has 3 rings (SSSR count). The molecule has 1 aromatic heterocycles. The van der Waals surface area contributed by atoms with E-state index >= 15 is 0 Å². The molecule has 0 saturated carbocycles. The number of nitrogens with zero attached hydrogens (tertiary/aromatic N) is 4. The van der Waals surface area contributed by atoms with E-state index < -0.39 is 5.97 Å². The number of pyridine rings is 1. The highest BCUT2D eigenvalue weighted by Gasteiger charge is 2.33. The Labute approximate surface area is 196 Å². The zero-order valence-electron chi connectivity index (χ0n) is 18.4. The van der Waals surface area contributed by atoms with Crippen LogP contribution in [0.4, 0.5) is 5.82 Å². The van der Waals surface area contributed by atoms with Crippen molar-refractivity contribution in [3.63, 3.8) is 0 Å². The van der Waals surface area contributed by atoms with Crippen LogP contribution in [0.25, 0.3) is 6.08 Å². The van der Waals surface area contributed by atoms with Gasteiger partial charge in [0, 0.05) is 31.7 Å². The molecule has 0 radical (unpaired) electrons. The van der Waals surface area contributed by atoms with E-state index in [4.69, 9.17) is 17.3 Å². The van der Waals surface area contributed by atoms with E-state index in [1.54, 1.807) is 17.6 Å². The number of aromatic nitrogens is 1. The van der Waals surface area contributed by atoms with Crippen molar-refractivity contribution in [3.05, 3.63) is 31.9 Å². The Balaban J connectivity index is 2.14. The zero-order chi connectivity index (χ0) is 23.6. The number of carboxylic acid groups (broad SMARTS) is 1. The van der Waals surface area contributed by atoms with Gasteiger partial charge >= 0.3 is 5.97 Å². The summed E-state index contributed by atoms with van der Waals surface area (Å²) in [6.45, 7) is 7.77. The van der Waals surface area contributed by atoms with Crippen LogP contribution < -0.4 is 10.5 Å². The van der Waals surface area contributed by atoms with Crippen molar-refractivity contribution in [1.82, 2.24) is 9.47 Å². The number of thioether (sulfide) groups is 1. The number of rotatable bonds is 6. The van der Waals surface area contributed by atoms with Crippen LogP contribution in [0.2, 0.25) is 0 Å². The molecule has 2 fully saturated rings. The molecule has 0 spiro atoms. The third kappa shape index (κ3) is 4.59. The quantitative estimate of drug-likeness (QED) is 0.495. The second kappa shape index (κ2) is 9.88. The van der Waals surface area contributed by atoms with Crippen LogP contribution in [0.5, 0.6) is 0 Å². The van der Waals surface area contributed by atoms with Gasteiger partial charge in [0.25, 0.3) is 11.5 Å². The molecule has 1 amide bonds. The molecule has 170 valence electrons. The summed E-state index contributed by atoms with van der Waals surface area (Å²) in [7, 11) is 0. The lowest BCUT2D eigenvalue weighted by Crippen LogP contribution is -2.39. The van der Waals surface area contributed by atoms with Crippen LogP contribution >= 0.6 is 24.0 Å². The van der Waals surface area contributed by atoms with Gasteiger partial charge in [0.05, 0.1) is 11.3 Å². The summed E-state index contributed by atoms with van der Waals surface area (Å²) in [4.78, 5) is 40.7. The fourth-order valence-corrected chi connectivity index (χ4v) is 5.32. The topological polar surface area (TPSA) is 107 Å². The van der Waals surface area contributed by atoms with E-state index in [0.717, 1.165) is 43.5 Å². The minimum atomic E-state index is -1.01. The Hall–Kier alpha value is -2.64. The molecule has 1 N–H and O–H groups in total. The van der Waals surface area contributed by atoms with Crippen LogP contribution in [0.15, 0.2) is 9.70 Å². The highest BCUT2D eigenvalue weighted by Crippen LogP contribution is 2.36. The first kappa shape index (κ1) is 24.0. The van der Waals surface area contributed by atoms with Crippen LogP contribution in [0, 0.1) is 24.2 Å². The number of anilines is 1. The van der Waals surface area contributed by atoms with E-state index in [0.29, 0.717) is 32.8 Å². The SMILES string of the molecule is CCn1c(N2CCC(C)CC2)c(/C=C2\SC(=S)N(CCC(=O)O)C2=O)c(C)c(C#N)c1=O. The van der Waals surface area contributed by atoms with E-state index in [9.17, 15) is 19.6 Å². The molecular weight excluding hydrogens is 448 g/mol. The monoisotopic (exact) mass is 474 g/mol. The van der Waals surface area contributed by atoms with Crippen molar-refractivity contribution < 1.29 is 14.7 Å². The Morgan fingerprint density at radius 1 is 1.34 bits per heavy atom. The van der Waals surface area contributed by atoms with E-state index in [2.05, 4.69) is 11.8 Å². The molecule has 2 aliphatic rings. The van der Waals surface area contributed by atoms with Crippen molar-refractivity contribution in [1.29, 1.82) is 5.26 Å². The van der Waals surface area contributed by atoms with E-state index in [1.165, 1.54) is 4.90 Å². The summed E-state index contributed by atoms with van der Waals surface area (Å²) in [6.07, 6.45) is 3.49. The van der Waals surface area contributed by atoms with Crippen molar-refractivity contribution in [3.8, 4) is 6.07 Å². The number of piperidine rings is 1. The molecule has 2 aliphatic heterocycles. The maximum Gasteiger partial charge on any atom is 0.305 e. The van der Waals surface area contributed by atoms with Crippen LogP contribution in [0.1, 0.15) is 49.8 Å². The van der Waals surface area contributed by atoms with E-state index in [1.807, 2.05) is 13.0 Å². The Morgan fingerprint density at radius 2 is 2.00 bits per heavy atom. The minimum Gasteiger partial charge on any atom is -0.481 e. The molecular formula is C22H26N4O4S2. The second-order valence-corrected chi connectivity index (χ2v) is 9.72.